The Bertz CT molecular complexity index is 391. The second-order valence-corrected chi connectivity index (χ2v) is 4.20. The normalized spacial score (nSPS) is 12.3. The third-order valence-electron chi connectivity index (χ3n) is 3.16. The molecule has 1 aromatic rings. The number of esters is 1. The van der Waals surface area contributed by atoms with Crippen molar-refractivity contribution < 1.29 is 13.9 Å². The molecule has 0 bridgehead atoms. The summed E-state index contributed by atoms with van der Waals surface area (Å²) in [5.74, 6) is -0.596. The Morgan fingerprint density at radius 3 is 2.44 bits per heavy atom. The molecule has 0 spiro atoms. The molecular formula is C14H20FNO2. The summed E-state index contributed by atoms with van der Waals surface area (Å²) in [4.78, 5) is 11.8. The van der Waals surface area contributed by atoms with Crippen molar-refractivity contribution in [2.24, 2.45) is 5.92 Å². The van der Waals surface area contributed by atoms with Crippen LogP contribution in [0.25, 0.3) is 0 Å². The van der Waals surface area contributed by atoms with Crippen LogP contribution in [0, 0.1) is 11.7 Å². The number of nitrogens with one attached hydrogen (secondary N) is 1. The SMILES string of the molecule is CCC(CC)C(Nc1ccccc1F)C(=O)OC. The number of ether oxygens (including phenoxy) is 1. The van der Waals surface area contributed by atoms with Crippen LogP contribution in [0.15, 0.2) is 24.3 Å². The molecule has 1 unspecified atom stereocenters. The Morgan fingerprint density at radius 1 is 1.33 bits per heavy atom. The third kappa shape index (κ3) is 3.45. The van der Waals surface area contributed by atoms with Gasteiger partial charge in [0.1, 0.15) is 11.9 Å². The number of para-hydroxylation sites is 1. The van der Waals surface area contributed by atoms with Crippen LogP contribution >= 0.6 is 0 Å². The molecule has 0 saturated heterocycles. The number of methoxy groups -OCH3 is 1. The molecule has 18 heavy (non-hydrogen) atoms. The van der Waals surface area contributed by atoms with Crippen molar-refractivity contribution >= 4 is 11.7 Å². The zero-order valence-corrected chi connectivity index (χ0v) is 11.1. The number of anilines is 1. The second-order valence-electron chi connectivity index (χ2n) is 4.20. The summed E-state index contributed by atoms with van der Waals surface area (Å²) in [6, 6.07) is 5.82. The molecule has 1 atom stereocenters. The second kappa shape index (κ2) is 6.99. The van der Waals surface area contributed by atoms with E-state index in [1.165, 1.54) is 13.2 Å². The van der Waals surface area contributed by atoms with Gasteiger partial charge in [0, 0.05) is 0 Å². The maximum atomic E-state index is 13.6. The lowest BCUT2D eigenvalue weighted by Gasteiger charge is -2.25. The van der Waals surface area contributed by atoms with Crippen LogP contribution < -0.4 is 5.32 Å². The molecule has 0 saturated carbocycles. The molecule has 1 rings (SSSR count). The lowest BCUT2D eigenvalue weighted by atomic mass is 9.94. The highest BCUT2D eigenvalue weighted by Crippen LogP contribution is 2.21. The largest absolute Gasteiger partial charge is 0.467 e. The molecule has 0 aromatic heterocycles. The number of hydrogen-bond donors (Lipinski definition) is 1. The molecule has 0 aliphatic rings. The van der Waals surface area contributed by atoms with E-state index >= 15 is 0 Å². The molecule has 0 heterocycles. The Labute approximate surface area is 107 Å². The zero-order valence-electron chi connectivity index (χ0n) is 11.1. The summed E-state index contributed by atoms with van der Waals surface area (Å²) in [5, 5.41) is 2.95. The average molecular weight is 253 g/mol. The standard InChI is InChI=1S/C14H20FNO2/c1-4-10(5-2)13(14(17)18-3)16-12-9-7-6-8-11(12)15/h6-10,13,16H,4-5H2,1-3H3. The lowest BCUT2D eigenvalue weighted by molar-refractivity contribution is -0.142. The number of carbonyl (C=O) groups is 1. The summed E-state index contributed by atoms with van der Waals surface area (Å²) in [6.45, 7) is 4.01. The van der Waals surface area contributed by atoms with Crippen LogP contribution in [0.3, 0.4) is 0 Å². The minimum absolute atomic E-state index is 0.122. The van der Waals surface area contributed by atoms with Gasteiger partial charge in [-0.05, 0) is 18.1 Å². The molecule has 0 aliphatic heterocycles. The Morgan fingerprint density at radius 2 is 1.94 bits per heavy atom. The summed E-state index contributed by atoms with van der Waals surface area (Å²) in [6.07, 6.45) is 1.66. The van der Waals surface area contributed by atoms with Gasteiger partial charge in [-0.25, -0.2) is 9.18 Å². The quantitative estimate of drug-likeness (QED) is 0.791. The van der Waals surface area contributed by atoms with Gasteiger partial charge in [-0.3, -0.25) is 0 Å². The maximum Gasteiger partial charge on any atom is 0.328 e. The van der Waals surface area contributed by atoms with Gasteiger partial charge in [0.15, 0.2) is 0 Å². The van der Waals surface area contributed by atoms with Crippen LogP contribution in [0.5, 0.6) is 0 Å². The van der Waals surface area contributed by atoms with E-state index in [0.717, 1.165) is 12.8 Å². The van der Waals surface area contributed by atoms with Gasteiger partial charge >= 0.3 is 5.97 Å². The first-order chi connectivity index (χ1) is 8.63. The predicted octanol–water partition coefficient (Wildman–Crippen LogP) is 3.22. The van der Waals surface area contributed by atoms with Gasteiger partial charge in [0.2, 0.25) is 0 Å². The minimum Gasteiger partial charge on any atom is -0.467 e. The van der Waals surface area contributed by atoms with E-state index < -0.39 is 6.04 Å². The van der Waals surface area contributed by atoms with Crippen molar-refractivity contribution in [2.45, 2.75) is 32.7 Å². The van der Waals surface area contributed by atoms with Gasteiger partial charge in [0.05, 0.1) is 12.8 Å². The first kappa shape index (κ1) is 14.5. The summed E-state index contributed by atoms with van der Waals surface area (Å²) in [7, 11) is 1.35. The van der Waals surface area contributed by atoms with Crippen molar-refractivity contribution in [2.75, 3.05) is 12.4 Å². The van der Waals surface area contributed by atoms with Crippen LogP contribution in [-0.2, 0) is 9.53 Å². The van der Waals surface area contributed by atoms with E-state index in [4.69, 9.17) is 4.74 Å². The molecule has 100 valence electrons. The van der Waals surface area contributed by atoms with Gasteiger partial charge < -0.3 is 10.1 Å². The van der Waals surface area contributed by atoms with Crippen LogP contribution in [0.1, 0.15) is 26.7 Å². The molecular weight excluding hydrogens is 233 g/mol. The van der Waals surface area contributed by atoms with E-state index in [-0.39, 0.29) is 17.7 Å². The Balaban J connectivity index is 2.91. The highest BCUT2D eigenvalue weighted by Gasteiger charge is 2.27. The number of hydrogen-bond acceptors (Lipinski definition) is 3. The summed E-state index contributed by atoms with van der Waals surface area (Å²) < 4.78 is 18.4. The minimum atomic E-state index is -0.512. The summed E-state index contributed by atoms with van der Waals surface area (Å²) >= 11 is 0. The van der Waals surface area contributed by atoms with Crippen molar-refractivity contribution in [1.82, 2.24) is 0 Å². The fourth-order valence-electron chi connectivity index (χ4n) is 2.00. The van der Waals surface area contributed by atoms with E-state index in [0.29, 0.717) is 5.69 Å². The monoisotopic (exact) mass is 253 g/mol. The molecule has 0 amide bonds. The van der Waals surface area contributed by atoms with Gasteiger partial charge in [-0.1, -0.05) is 38.8 Å². The topological polar surface area (TPSA) is 38.3 Å². The van der Waals surface area contributed by atoms with Crippen LogP contribution in [-0.4, -0.2) is 19.1 Å². The highest BCUT2D eigenvalue weighted by molar-refractivity contribution is 5.79. The molecule has 0 aliphatic carbocycles. The first-order valence-corrected chi connectivity index (χ1v) is 6.22. The Kier molecular flexibility index (Phi) is 5.62. The van der Waals surface area contributed by atoms with E-state index in [1.54, 1.807) is 18.2 Å². The third-order valence-corrected chi connectivity index (χ3v) is 3.16. The van der Waals surface area contributed by atoms with Crippen molar-refractivity contribution in [3.63, 3.8) is 0 Å². The number of carbonyl (C=O) groups excluding carboxylic acids is 1. The van der Waals surface area contributed by atoms with Crippen molar-refractivity contribution in [3.05, 3.63) is 30.1 Å². The lowest BCUT2D eigenvalue weighted by Crippen LogP contribution is -2.37. The maximum absolute atomic E-state index is 13.6. The van der Waals surface area contributed by atoms with E-state index in [9.17, 15) is 9.18 Å². The van der Waals surface area contributed by atoms with E-state index in [1.807, 2.05) is 13.8 Å². The average Bonchev–Trinajstić information content (AvgIpc) is 2.40. The van der Waals surface area contributed by atoms with Gasteiger partial charge in [-0.2, -0.15) is 0 Å². The molecule has 4 heteroatoms. The first-order valence-electron chi connectivity index (χ1n) is 6.22. The van der Waals surface area contributed by atoms with Crippen molar-refractivity contribution in [1.29, 1.82) is 0 Å². The molecule has 3 nitrogen and oxygen atoms in total. The number of rotatable bonds is 6. The fourth-order valence-corrected chi connectivity index (χ4v) is 2.00. The van der Waals surface area contributed by atoms with Gasteiger partial charge in [0.25, 0.3) is 0 Å². The fraction of sp³-hybridized carbons (Fsp3) is 0.500. The zero-order chi connectivity index (χ0) is 13.5. The van der Waals surface area contributed by atoms with Crippen LogP contribution in [0.2, 0.25) is 0 Å². The summed E-state index contributed by atoms with van der Waals surface area (Å²) in [5.41, 5.74) is 0.333. The highest BCUT2D eigenvalue weighted by atomic mass is 19.1. The molecule has 1 N–H and O–H groups in total. The number of halogens is 1. The predicted molar refractivity (Wildman–Crippen MR) is 69.9 cm³/mol. The van der Waals surface area contributed by atoms with Gasteiger partial charge in [-0.15, -0.1) is 0 Å². The Hall–Kier alpha value is -1.58. The van der Waals surface area contributed by atoms with Crippen LogP contribution in [0.4, 0.5) is 10.1 Å². The molecule has 0 fully saturated rings. The molecule has 0 radical (unpaired) electrons. The number of benzene rings is 1. The van der Waals surface area contributed by atoms with E-state index in [2.05, 4.69) is 5.32 Å². The molecule has 1 aromatic carbocycles. The van der Waals surface area contributed by atoms with Crippen molar-refractivity contribution in [3.8, 4) is 0 Å². The smallest absolute Gasteiger partial charge is 0.328 e.